The molecule has 1 rings (SSSR count). The third kappa shape index (κ3) is 5.48. The van der Waals surface area contributed by atoms with E-state index in [1.807, 2.05) is 0 Å². The van der Waals surface area contributed by atoms with Crippen molar-refractivity contribution in [2.24, 2.45) is 11.8 Å². The maximum absolute atomic E-state index is 11.5. The number of ether oxygens (including phenoxy) is 1. The van der Waals surface area contributed by atoms with Crippen LogP contribution in [0.15, 0.2) is 11.6 Å². The van der Waals surface area contributed by atoms with E-state index in [0.717, 1.165) is 19.3 Å². The maximum atomic E-state index is 11.5. The Morgan fingerprint density at radius 2 is 2.06 bits per heavy atom. The van der Waals surface area contributed by atoms with Gasteiger partial charge in [-0.25, -0.2) is 0 Å². The Balaban J connectivity index is 2.04. The lowest BCUT2D eigenvalue weighted by Crippen LogP contribution is -2.32. The molecule has 1 saturated carbocycles. The molecule has 0 aliphatic heterocycles. The van der Waals surface area contributed by atoms with E-state index >= 15 is 0 Å². The number of Topliss-reactive ketones (excluding diaryl/α,β-unsaturated/α-hetero) is 1. The number of carbonyl (C=O) groups is 2. The zero-order valence-corrected chi connectivity index (χ0v) is 11.7. The molecule has 0 saturated heterocycles. The van der Waals surface area contributed by atoms with Crippen LogP contribution < -0.4 is 0 Å². The van der Waals surface area contributed by atoms with Gasteiger partial charge in [-0.1, -0.05) is 18.6 Å². The number of ketones is 1. The third-order valence-electron chi connectivity index (χ3n) is 3.35. The van der Waals surface area contributed by atoms with Crippen molar-refractivity contribution in [2.75, 3.05) is 6.61 Å². The molecule has 0 aromatic carbocycles. The van der Waals surface area contributed by atoms with Gasteiger partial charge in [0, 0.05) is 12.8 Å². The fourth-order valence-electron chi connectivity index (χ4n) is 1.94. The number of esters is 1. The van der Waals surface area contributed by atoms with Crippen molar-refractivity contribution in [1.29, 1.82) is 0 Å². The summed E-state index contributed by atoms with van der Waals surface area (Å²) >= 11 is 0. The summed E-state index contributed by atoms with van der Waals surface area (Å²) in [6, 6.07) is 0. The van der Waals surface area contributed by atoms with Gasteiger partial charge in [-0.05, 0) is 39.0 Å². The minimum atomic E-state index is -0.189. The Bertz CT molecular complexity index is 319. The average Bonchev–Trinajstić information content (AvgIpc) is 2.24. The molecule has 0 spiro atoms. The second-order valence-electron chi connectivity index (χ2n) is 5.56. The normalized spacial score (nSPS) is 16.9. The Labute approximate surface area is 110 Å². The predicted octanol–water partition coefficient (Wildman–Crippen LogP) is 3.28. The fraction of sp³-hybridized carbons (Fsp3) is 0.733. The van der Waals surface area contributed by atoms with Crippen molar-refractivity contribution in [2.45, 2.75) is 52.9 Å². The molecule has 1 fully saturated rings. The van der Waals surface area contributed by atoms with Crippen LogP contribution in [0.1, 0.15) is 52.9 Å². The number of allylic oxidation sites excluding steroid dienone is 2. The van der Waals surface area contributed by atoms with Crippen molar-refractivity contribution < 1.29 is 14.3 Å². The Morgan fingerprint density at radius 1 is 1.39 bits per heavy atom. The standard InChI is InChI=1S/C15H24O3/c1-11(2)5-4-6-12(3)7-8-18-15(17)13-9-14(16)10-13/h5,12-13H,4,6-10H2,1-3H3. The number of carbonyl (C=O) groups excluding carboxylic acids is 2. The zero-order chi connectivity index (χ0) is 13.5. The van der Waals surface area contributed by atoms with E-state index in [2.05, 4.69) is 26.8 Å². The van der Waals surface area contributed by atoms with Crippen LogP contribution in [-0.2, 0) is 14.3 Å². The first kappa shape index (κ1) is 14.9. The quantitative estimate of drug-likeness (QED) is 0.516. The van der Waals surface area contributed by atoms with E-state index in [1.54, 1.807) is 0 Å². The summed E-state index contributed by atoms with van der Waals surface area (Å²) in [5, 5.41) is 0. The van der Waals surface area contributed by atoms with Gasteiger partial charge in [0.1, 0.15) is 5.78 Å². The summed E-state index contributed by atoms with van der Waals surface area (Å²) in [5.74, 6) is 0.396. The maximum Gasteiger partial charge on any atom is 0.309 e. The molecular weight excluding hydrogens is 228 g/mol. The van der Waals surface area contributed by atoms with Crippen LogP contribution in [0.2, 0.25) is 0 Å². The lowest BCUT2D eigenvalue weighted by molar-refractivity contribution is -0.155. The second kappa shape index (κ2) is 7.34. The molecule has 0 N–H and O–H groups in total. The van der Waals surface area contributed by atoms with Crippen LogP contribution >= 0.6 is 0 Å². The first-order valence-electron chi connectivity index (χ1n) is 6.80. The van der Waals surface area contributed by atoms with Crippen LogP contribution in [-0.4, -0.2) is 18.4 Å². The Kier molecular flexibility index (Phi) is 6.10. The average molecular weight is 252 g/mol. The topological polar surface area (TPSA) is 43.4 Å². The van der Waals surface area contributed by atoms with Crippen LogP contribution in [0.3, 0.4) is 0 Å². The number of hydrogen-bond acceptors (Lipinski definition) is 3. The van der Waals surface area contributed by atoms with E-state index < -0.39 is 0 Å². The third-order valence-corrected chi connectivity index (χ3v) is 3.35. The molecule has 0 radical (unpaired) electrons. The molecule has 0 bridgehead atoms. The largest absolute Gasteiger partial charge is 0.465 e. The molecule has 1 atom stereocenters. The molecule has 1 aliphatic carbocycles. The van der Waals surface area contributed by atoms with Crippen LogP contribution in [0.5, 0.6) is 0 Å². The molecule has 0 aromatic rings. The van der Waals surface area contributed by atoms with Gasteiger partial charge in [-0.3, -0.25) is 9.59 Å². The first-order valence-corrected chi connectivity index (χ1v) is 6.80. The van der Waals surface area contributed by atoms with Crippen molar-refractivity contribution >= 4 is 11.8 Å². The van der Waals surface area contributed by atoms with Gasteiger partial charge in [-0.2, -0.15) is 0 Å². The van der Waals surface area contributed by atoms with Crippen LogP contribution in [0.25, 0.3) is 0 Å². The minimum Gasteiger partial charge on any atom is -0.465 e. The summed E-state index contributed by atoms with van der Waals surface area (Å²) in [6.07, 6.45) is 6.13. The molecule has 18 heavy (non-hydrogen) atoms. The number of rotatable bonds is 7. The van der Waals surface area contributed by atoms with E-state index in [4.69, 9.17) is 4.74 Å². The van der Waals surface area contributed by atoms with Gasteiger partial charge in [0.2, 0.25) is 0 Å². The second-order valence-corrected chi connectivity index (χ2v) is 5.56. The SMILES string of the molecule is CC(C)=CCCC(C)CCOC(=O)C1CC(=O)C1. The minimum absolute atomic E-state index is 0.154. The highest BCUT2D eigenvalue weighted by molar-refractivity contribution is 5.94. The van der Waals surface area contributed by atoms with Gasteiger partial charge in [0.05, 0.1) is 12.5 Å². The summed E-state index contributed by atoms with van der Waals surface area (Å²) < 4.78 is 5.19. The molecule has 0 amide bonds. The molecule has 0 heterocycles. The highest BCUT2D eigenvalue weighted by atomic mass is 16.5. The van der Waals surface area contributed by atoms with Crippen molar-refractivity contribution in [3.05, 3.63) is 11.6 Å². The summed E-state index contributed by atoms with van der Waals surface area (Å²) in [5.41, 5.74) is 1.35. The Morgan fingerprint density at radius 3 is 2.61 bits per heavy atom. The summed E-state index contributed by atoms with van der Waals surface area (Å²) in [6.45, 7) is 6.87. The number of hydrogen-bond donors (Lipinski definition) is 0. The van der Waals surface area contributed by atoms with E-state index in [-0.39, 0.29) is 17.7 Å². The molecule has 3 nitrogen and oxygen atoms in total. The van der Waals surface area contributed by atoms with Gasteiger partial charge in [0.25, 0.3) is 0 Å². The Hall–Kier alpha value is -1.12. The van der Waals surface area contributed by atoms with E-state index in [9.17, 15) is 9.59 Å². The lowest BCUT2D eigenvalue weighted by Gasteiger charge is -2.22. The highest BCUT2D eigenvalue weighted by Gasteiger charge is 2.33. The van der Waals surface area contributed by atoms with Gasteiger partial charge in [-0.15, -0.1) is 0 Å². The fourth-order valence-corrected chi connectivity index (χ4v) is 1.94. The summed E-state index contributed by atoms with van der Waals surface area (Å²) in [4.78, 5) is 22.2. The molecule has 1 aliphatic rings. The van der Waals surface area contributed by atoms with Gasteiger partial charge < -0.3 is 4.74 Å². The molecule has 1 unspecified atom stereocenters. The van der Waals surface area contributed by atoms with Gasteiger partial charge in [0.15, 0.2) is 0 Å². The first-order chi connectivity index (χ1) is 8.49. The van der Waals surface area contributed by atoms with E-state index in [1.165, 1.54) is 5.57 Å². The van der Waals surface area contributed by atoms with Crippen molar-refractivity contribution in [1.82, 2.24) is 0 Å². The van der Waals surface area contributed by atoms with Crippen LogP contribution in [0, 0.1) is 11.8 Å². The molecule has 0 aromatic heterocycles. The smallest absolute Gasteiger partial charge is 0.309 e. The predicted molar refractivity (Wildman–Crippen MR) is 71.1 cm³/mol. The molecule has 102 valence electrons. The highest BCUT2D eigenvalue weighted by Crippen LogP contribution is 2.24. The molecular formula is C15H24O3. The lowest BCUT2D eigenvalue weighted by atomic mass is 9.84. The summed E-state index contributed by atoms with van der Waals surface area (Å²) in [7, 11) is 0. The van der Waals surface area contributed by atoms with Crippen LogP contribution in [0.4, 0.5) is 0 Å². The monoisotopic (exact) mass is 252 g/mol. The van der Waals surface area contributed by atoms with Crippen molar-refractivity contribution in [3.8, 4) is 0 Å². The van der Waals surface area contributed by atoms with E-state index in [0.29, 0.717) is 25.4 Å². The zero-order valence-electron chi connectivity index (χ0n) is 11.7. The van der Waals surface area contributed by atoms with Crippen molar-refractivity contribution in [3.63, 3.8) is 0 Å². The van der Waals surface area contributed by atoms with Gasteiger partial charge >= 0.3 is 5.97 Å². The molecule has 3 heteroatoms.